The topological polar surface area (TPSA) is 87.5 Å². The number of nitrogens with zero attached hydrogens (tertiary/aromatic N) is 3. The van der Waals surface area contributed by atoms with Crippen LogP contribution >= 0.6 is 0 Å². The van der Waals surface area contributed by atoms with Crippen LogP contribution in [0.4, 0.5) is 4.79 Å². The number of nitrogens with one attached hydrogen (secondary N) is 1. The van der Waals surface area contributed by atoms with Crippen molar-refractivity contribution in [1.82, 2.24) is 20.0 Å². The number of hydrogen-bond donors (Lipinski definition) is 2. The van der Waals surface area contributed by atoms with E-state index in [1.54, 1.807) is 15.8 Å². The van der Waals surface area contributed by atoms with Gasteiger partial charge in [-0.25, -0.2) is 4.79 Å². The average molecular weight is 294 g/mol. The van der Waals surface area contributed by atoms with Crippen LogP contribution in [0.15, 0.2) is 12.4 Å². The van der Waals surface area contributed by atoms with E-state index in [-0.39, 0.29) is 24.5 Å². The summed E-state index contributed by atoms with van der Waals surface area (Å²) >= 11 is 0. The Morgan fingerprint density at radius 2 is 2.19 bits per heavy atom. The number of aromatic nitrogens is 2. The third kappa shape index (κ3) is 3.74. The van der Waals surface area contributed by atoms with Crippen LogP contribution in [-0.2, 0) is 11.8 Å². The molecule has 1 aliphatic heterocycles. The molecule has 116 valence electrons. The zero-order chi connectivity index (χ0) is 15.6. The van der Waals surface area contributed by atoms with E-state index in [4.69, 9.17) is 5.11 Å². The van der Waals surface area contributed by atoms with Gasteiger partial charge in [0.2, 0.25) is 0 Å². The first-order valence-corrected chi connectivity index (χ1v) is 7.13. The molecule has 1 fully saturated rings. The van der Waals surface area contributed by atoms with Gasteiger partial charge in [-0.1, -0.05) is 6.92 Å². The van der Waals surface area contributed by atoms with E-state index < -0.39 is 11.9 Å². The van der Waals surface area contributed by atoms with Crippen LogP contribution in [0.25, 0.3) is 0 Å². The number of likely N-dealkylation sites (tertiary alicyclic amines) is 1. The number of carbonyl (C=O) groups is 2. The lowest BCUT2D eigenvalue weighted by molar-refractivity contribution is -0.143. The molecule has 2 amide bonds. The van der Waals surface area contributed by atoms with Gasteiger partial charge in [0.1, 0.15) is 0 Å². The van der Waals surface area contributed by atoms with Gasteiger partial charge >= 0.3 is 12.0 Å². The van der Waals surface area contributed by atoms with Crippen molar-refractivity contribution in [2.24, 2.45) is 18.9 Å². The van der Waals surface area contributed by atoms with Gasteiger partial charge in [0, 0.05) is 31.9 Å². The maximum absolute atomic E-state index is 12.3. The molecule has 0 aromatic carbocycles. The number of carboxylic acids is 1. The second-order valence-corrected chi connectivity index (χ2v) is 5.90. The molecule has 7 heteroatoms. The minimum absolute atomic E-state index is 0.160. The van der Waals surface area contributed by atoms with E-state index in [1.807, 2.05) is 27.1 Å². The normalized spacial score (nSPS) is 23.7. The zero-order valence-electron chi connectivity index (χ0n) is 12.6. The Bertz CT molecular complexity index is 528. The quantitative estimate of drug-likeness (QED) is 0.878. The number of piperidine rings is 1. The van der Waals surface area contributed by atoms with Gasteiger partial charge in [-0.3, -0.25) is 9.48 Å². The highest BCUT2D eigenvalue weighted by atomic mass is 16.4. The summed E-state index contributed by atoms with van der Waals surface area (Å²) in [5.74, 6) is -1.12. The molecule has 21 heavy (non-hydrogen) atoms. The molecule has 1 aliphatic rings. The van der Waals surface area contributed by atoms with Crippen molar-refractivity contribution in [3.63, 3.8) is 0 Å². The van der Waals surface area contributed by atoms with Crippen molar-refractivity contribution in [3.8, 4) is 0 Å². The molecule has 0 radical (unpaired) electrons. The van der Waals surface area contributed by atoms with Gasteiger partial charge in [0.15, 0.2) is 0 Å². The lowest BCUT2D eigenvalue weighted by Crippen LogP contribution is -2.49. The lowest BCUT2D eigenvalue weighted by Gasteiger charge is -2.35. The fourth-order valence-electron chi connectivity index (χ4n) is 2.72. The van der Waals surface area contributed by atoms with E-state index in [2.05, 4.69) is 10.4 Å². The second-order valence-electron chi connectivity index (χ2n) is 5.90. The molecule has 2 N–H and O–H groups in total. The largest absolute Gasteiger partial charge is 0.481 e. The standard InChI is InChI=1S/C14H22N4O3/c1-9-4-11(13(19)20)8-18(6-9)14(21)16-10(2)12-5-15-17(3)7-12/h5,7,9-11H,4,6,8H2,1-3H3,(H,16,21)(H,19,20). The van der Waals surface area contributed by atoms with Crippen LogP contribution in [0.1, 0.15) is 31.9 Å². The first-order chi connectivity index (χ1) is 9.86. The summed E-state index contributed by atoms with van der Waals surface area (Å²) in [5.41, 5.74) is 0.922. The van der Waals surface area contributed by atoms with Crippen molar-refractivity contribution in [3.05, 3.63) is 18.0 Å². The molecule has 2 heterocycles. The third-order valence-corrected chi connectivity index (χ3v) is 3.86. The van der Waals surface area contributed by atoms with Crippen molar-refractivity contribution < 1.29 is 14.7 Å². The van der Waals surface area contributed by atoms with Crippen LogP contribution in [0, 0.1) is 11.8 Å². The van der Waals surface area contributed by atoms with Crippen LogP contribution < -0.4 is 5.32 Å². The molecule has 1 aromatic heterocycles. The molecule has 2 rings (SSSR count). The molecule has 3 atom stereocenters. The monoisotopic (exact) mass is 294 g/mol. The molecule has 7 nitrogen and oxygen atoms in total. The highest BCUT2D eigenvalue weighted by Crippen LogP contribution is 2.22. The van der Waals surface area contributed by atoms with Gasteiger partial charge in [-0.05, 0) is 19.3 Å². The molecule has 1 aromatic rings. The SMILES string of the molecule is CC1CC(C(=O)O)CN(C(=O)NC(C)c2cnn(C)c2)C1. The van der Waals surface area contributed by atoms with Gasteiger partial charge in [-0.15, -0.1) is 0 Å². The van der Waals surface area contributed by atoms with E-state index in [0.717, 1.165) is 5.56 Å². The fourth-order valence-corrected chi connectivity index (χ4v) is 2.72. The van der Waals surface area contributed by atoms with Gasteiger partial charge in [-0.2, -0.15) is 5.10 Å². The van der Waals surface area contributed by atoms with Gasteiger partial charge < -0.3 is 15.3 Å². The average Bonchev–Trinajstić information content (AvgIpc) is 2.84. The number of rotatable bonds is 3. The van der Waals surface area contributed by atoms with Gasteiger partial charge in [0.05, 0.1) is 18.2 Å². The maximum atomic E-state index is 12.3. The Labute approximate surface area is 123 Å². The summed E-state index contributed by atoms with van der Waals surface area (Å²) < 4.78 is 1.68. The number of urea groups is 1. The highest BCUT2D eigenvalue weighted by molar-refractivity contribution is 5.77. The van der Waals surface area contributed by atoms with Crippen molar-refractivity contribution in [1.29, 1.82) is 0 Å². The molecule has 0 saturated carbocycles. The number of amides is 2. The van der Waals surface area contributed by atoms with Crippen LogP contribution in [0.5, 0.6) is 0 Å². The summed E-state index contributed by atoms with van der Waals surface area (Å²) in [6.45, 7) is 4.72. The fraction of sp³-hybridized carbons (Fsp3) is 0.643. The molecular weight excluding hydrogens is 272 g/mol. The van der Waals surface area contributed by atoms with Crippen LogP contribution in [-0.4, -0.2) is 44.9 Å². The Balaban J connectivity index is 1.97. The first-order valence-electron chi connectivity index (χ1n) is 7.13. The first kappa shape index (κ1) is 15.3. The third-order valence-electron chi connectivity index (χ3n) is 3.86. The van der Waals surface area contributed by atoms with E-state index >= 15 is 0 Å². The number of carbonyl (C=O) groups excluding carboxylic acids is 1. The Morgan fingerprint density at radius 3 is 2.76 bits per heavy atom. The second kappa shape index (κ2) is 6.15. The van der Waals surface area contributed by atoms with Crippen LogP contribution in [0.2, 0.25) is 0 Å². The Hall–Kier alpha value is -2.05. The smallest absolute Gasteiger partial charge is 0.317 e. The summed E-state index contributed by atoms with van der Waals surface area (Å²) in [4.78, 5) is 25.0. The maximum Gasteiger partial charge on any atom is 0.317 e. The molecule has 0 spiro atoms. The van der Waals surface area contributed by atoms with Crippen molar-refractivity contribution in [2.75, 3.05) is 13.1 Å². The molecular formula is C14H22N4O3. The minimum Gasteiger partial charge on any atom is -0.481 e. The summed E-state index contributed by atoms with van der Waals surface area (Å²) in [6.07, 6.45) is 4.19. The summed E-state index contributed by atoms with van der Waals surface area (Å²) in [7, 11) is 1.82. The number of carboxylic acid groups (broad SMARTS) is 1. The molecule has 1 saturated heterocycles. The predicted octanol–water partition coefficient (Wildman–Crippen LogP) is 1.23. The lowest BCUT2D eigenvalue weighted by atomic mass is 9.91. The highest BCUT2D eigenvalue weighted by Gasteiger charge is 2.32. The Morgan fingerprint density at radius 1 is 1.48 bits per heavy atom. The summed E-state index contributed by atoms with van der Waals surface area (Å²) in [6, 6.07) is -0.379. The van der Waals surface area contributed by atoms with Gasteiger partial charge in [0.25, 0.3) is 0 Å². The number of aliphatic carboxylic acids is 1. The molecule has 3 unspecified atom stereocenters. The summed E-state index contributed by atoms with van der Waals surface area (Å²) in [5, 5.41) is 16.1. The number of aryl methyl sites for hydroxylation is 1. The number of hydrogen-bond acceptors (Lipinski definition) is 3. The predicted molar refractivity (Wildman–Crippen MR) is 76.6 cm³/mol. The van der Waals surface area contributed by atoms with Crippen molar-refractivity contribution >= 4 is 12.0 Å². The zero-order valence-corrected chi connectivity index (χ0v) is 12.6. The minimum atomic E-state index is -0.834. The van der Waals surface area contributed by atoms with E-state index in [9.17, 15) is 9.59 Å². The molecule has 0 aliphatic carbocycles. The van der Waals surface area contributed by atoms with E-state index in [1.165, 1.54) is 0 Å². The Kier molecular flexibility index (Phi) is 4.50. The van der Waals surface area contributed by atoms with Crippen LogP contribution in [0.3, 0.4) is 0 Å². The van der Waals surface area contributed by atoms with Crippen molar-refractivity contribution in [2.45, 2.75) is 26.3 Å². The molecule has 0 bridgehead atoms. The van der Waals surface area contributed by atoms with E-state index in [0.29, 0.717) is 13.0 Å².